The normalized spacial score (nSPS) is 10.5. The van der Waals surface area contributed by atoms with Crippen LogP contribution in [0.4, 0.5) is 5.95 Å². The molecule has 2 aromatic rings. The van der Waals surface area contributed by atoms with E-state index in [9.17, 15) is 9.59 Å². The average molecular weight is 258 g/mol. The van der Waals surface area contributed by atoms with Gasteiger partial charge in [-0.2, -0.15) is 0 Å². The van der Waals surface area contributed by atoms with Gasteiger partial charge in [0.05, 0.1) is 0 Å². The van der Waals surface area contributed by atoms with Gasteiger partial charge in [-0.05, 0) is 17.7 Å². The van der Waals surface area contributed by atoms with Gasteiger partial charge in [-0.25, -0.2) is 9.78 Å². The molecule has 2 aromatic heterocycles. The first kappa shape index (κ1) is 12.5. The third kappa shape index (κ3) is 3.50. The van der Waals surface area contributed by atoms with Crippen molar-refractivity contribution in [2.75, 3.05) is 5.32 Å². The number of aliphatic carboxylic acids is 1. The fourth-order valence-electron chi connectivity index (χ4n) is 1.31. The van der Waals surface area contributed by atoms with E-state index in [1.54, 1.807) is 12.3 Å². The first-order valence-electron chi connectivity index (χ1n) is 5.33. The molecular weight excluding hydrogens is 248 g/mol. The molecular formula is C12H10N4O3. The minimum absolute atomic E-state index is 0.212. The zero-order valence-electron chi connectivity index (χ0n) is 9.70. The van der Waals surface area contributed by atoms with Gasteiger partial charge in [0, 0.05) is 24.7 Å². The molecule has 0 bridgehead atoms. The number of imidazole rings is 1. The van der Waals surface area contributed by atoms with Crippen LogP contribution in [0.15, 0.2) is 36.8 Å². The summed E-state index contributed by atoms with van der Waals surface area (Å²) in [6, 6.07) is 3.10. The molecule has 0 fully saturated rings. The highest BCUT2D eigenvalue weighted by Crippen LogP contribution is 2.05. The van der Waals surface area contributed by atoms with Gasteiger partial charge in [0.25, 0.3) is 5.91 Å². The van der Waals surface area contributed by atoms with Crippen molar-refractivity contribution in [2.45, 2.75) is 0 Å². The molecule has 19 heavy (non-hydrogen) atoms. The second-order valence-corrected chi connectivity index (χ2v) is 3.54. The zero-order valence-corrected chi connectivity index (χ0v) is 9.70. The Bertz CT molecular complexity index is 602. The van der Waals surface area contributed by atoms with E-state index in [0.717, 1.165) is 6.08 Å². The van der Waals surface area contributed by atoms with E-state index >= 15 is 0 Å². The van der Waals surface area contributed by atoms with Crippen LogP contribution < -0.4 is 5.32 Å². The van der Waals surface area contributed by atoms with Gasteiger partial charge in [-0.3, -0.25) is 15.1 Å². The second kappa shape index (κ2) is 5.58. The van der Waals surface area contributed by atoms with E-state index in [1.165, 1.54) is 24.5 Å². The number of anilines is 1. The number of hydrogen-bond donors (Lipinski definition) is 3. The number of carboxylic acid groups (broad SMARTS) is 1. The smallest absolute Gasteiger partial charge is 0.328 e. The van der Waals surface area contributed by atoms with Crippen molar-refractivity contribution in [1.29, 1.82) is 0 Å². The molecule has 1 amide bonds. The Kier molecular flexibility index (Phi) is 3.67. The topological polar surface area (TPSA) is 108 Å². The fraction of sp³-hybridized carbons (Fsp3) is 0. The number of aromatic nitrogens is 3. The number of pyridine rings is 1. The van der Waals surface area contributed by atoms with Crippen LogP contribution in [0.2, 0.25) is 0 Å². The molecule has 0 aliphatic carbocycles. The number of aromatic amines is 1. The molecule has 0 saturated carbocycles. The molecule has 7 heteroatoms. The highest BCUT2D eigenvalue weighted by atomic mass is 16.4. The van der Waals surface area contributed by atoms with Gasteiger partial charge in [-0.15, -0.1) is 0 Å². The van der Waals surface area contributed by atoms with E-state index < -0.39 is 11.9 Å². The number of rotatable bonds is 4. The van der Waals surface area contributed by atoms with Crippen LogP contribution in [0.3, 0.4) is 0 Å². The molecule has 0 aliphatic heterocycles. The lowest BCUT2D eigenvalue weighted by Gasteiger charge is -2.01. The van der Waals surface area contributed by atoms with Crippen molar-refractivity contribution in [1.82, 2.24) is 15.0 Å². The Morgan fingerprint density at radius 3 is 2.74 bits per heavy atom. The first-order chi connectivity index (χ1) is 9.15. The van der Waals surface area contributed by atoms with Gasteiger partial charge < -0.3 is 10.1 Å². The van der Waals surface area contributed by atoms with Gasteiger partial charge in [-0.1, -0.05) is 6.07 Å². The summed E-state index contributed by atoms with van der Waals surface area (Å²) in [5.74, 6) is -1.11. The Labute approximate surface area is 108 Å². The van der Waals surface area contributed by atoms with Crippen LogP contribution in [-0.4, -0.2) is 31.9 Å². The number of nitrogens with zero attached hydrogens (tertiary/aromatic N) is 2. The maximum Gasteiger partial charge on any atom is 0.328 e. The largest absolute Gasteiger partial charge is 0.478 e. The third-order valence-electron chi connectivity index (χ3n) is 2.17. The van der Waals surface area contributed by atoms with Crippen molar-refractivity contribution < 1.29 is 14.7 Å². The average Bonchev–Trinajstić information content (AvgIpc) is 2.89. The highest BCUT2D eigenvalue weighted by Gasteiger charge is 2.08. The fourth-order valence-corrected chi connectivity index (χ4v) is 1.31. The van der Waals surface area contributed by atoms with Crippen molar-refractivity contribution in [2.24, 2.45) is 0 Å². The van der Waals surface area contributed by atoms with E-state index in [2.05, 4.69) is 20.3 Å². The van der Waals surface area contributed by atoms with Crippen LogP contribution in [0.5, 0.6) is 0 Å². The Morgan fingerprint density at radius 2 is 2.16 bits per heavy atom. The standard InChI is InChI=1S/C12H10N4O3/c17-10(18)4-2-8-1-3-9(15-7-8)11(19)16-12-13-5-6-14-12/h1-7H,(H,17,18)(H2,13,14,16,19). The van der Waals surface area contributed by atoms with Crippen LogP contribution in [0, 0.1) is 0 Å². The lowest BCUT2D eigenvalue weighted by molar-refractivity contribution is -0.131. The summed E-state index contributed by atoms with van der Waals surface area (Å²) in [5, 5.41) is 11.0. The zero-order chi connectivity index (χ0) is 13.7. The number of carboxylic acids is 1. The van der Waals surface area contributed by atoms with E-state index in [0.29, 0.717) is 11.5 Å². The summed E-state index contributed by atoms with van der Waals surface area (Å²) >= 11 is 0. The van der Waals surface area contributed by atoms with Crippen molar-refractivity contribution in [3.05, 3.63) is 48.1 Å². The lowest BCUT2D eigenvalue weighted by Crippen LogP contribution is -2.14. The van der Waals surface area contributed by atoms with Crippen LogP contribution >= 0.6 is 0 Å². The first-order valence-corrected chi connectivity index (χ1v) is 5.33. The van der Waals surface area contributed by atoms with Gasteiger partial charge in [0.1, 0.15) is 5.69 Å². The molecule has 0 atom stereocenters. The quantitative estimate of drug-likeness (QED) is 0.713. The number of nitrogens with one attached hydrogen (secondary N) is 2. The summed E-state index contributed by atoms with van der Waals surface area (Å²) in [4.78, 5) is 32.6. The van der Waals surface area contributed by atoms with Crippen LogP contribution in [0.25, 0.3) is 6.08 Å². The molecule has 0 aliphatic rings. The Morgan fingerprint density at radius 1 is 1.32 bits per heavy atom. The molecule has 3 N–H and O–H groups in total. The monoisotopic (exact) mass is 258 g/mol. The SMILES string of the molecule is O=C(O)C=Cc1ccc(C(=O)Nc2ncc[nH]2)nc1. The van der Waals surface area contributed by atoms with E-state index in [1.807, 2.05) is 0 Å². The summed E-state index contributed by atoms with van der Waals surface area (Å²) in [6.07, 6.45) is 6.91. The second-order valence-electron chi connectivity index (χ2n) is 3.54. The molecule has 0 unspecified atom stereocenters. The van der Waals surface area contributed by atoms with Crippen LogP contribution in [0.1, 0.15) is 16.1 Å². The predicted octanol–water partition coefficient (Wildman–Crippen LogP) is 1.15. The van der Waals surface area contributed by atoms with Crippen molar-refractivity contribution in [3.8, 4) is 0 Å². The molecule has 0 saturated heterocycles. The van der Waals surface area contributed by atoms with Gasteiger partial charge in [0.2, 0.25) is 5.95 Å². The Hall–Kier alpha value is -2.96. The summed E-state index contributed by atoms with van der Waals surface area (Å²) in [6.45, 7) is 0. The number of amides is 1. The number of hydrogen-bond acceptors (Lipinski definition) is 4. The van der Waals surface area contributed by atoms with E-state index in [-0.39, 0.29) is 5.69 Å². The summed E-state index contributed by atoms with van der Waals surface area (Å²) in [5.41, 5.74) is 0.806. The maximum absolute atomic E-state index is 11.7. The lowest BCUT2D eigenvalue weighted by atomic mass is 10.2. The molecule has 0 aromatic carbocycles. The Balaban J connectivity index is 2.05. The maximum atomic E-state index is 11.7. The van der Waals surface area contributed by atoms with Crippen LogP contribution in [-0.2, 0) is 4.79 Å². The van der Waals surface area contributed by atoms with E-state index in [4.69, 9.17) is 5.11 Å². The molecule has 7 nitrogen and oxygen atoms in total. The summed E-state index contributed by atoms with van der Waals surface area (Å²) < 4.78 is 0. The molecule has 96 valence electrons. The minimum Gasteiger partial charge on any atom is -0.478 e. The highest BCUT2D eigenvalue weighted by molar-refractivity contribution is 6.01. The van der Waals surface area contributed by atoms with Crippen molar-refractivity contribution >= 4 is 23.9 Å². The van der Waals surface area contributed by atoms with Crippen molar-refractivity contribution in [3.63, 3.8) is 0 Å². The number of carbonyl (C=O) groups is 2. The molecule has 2 rings (SSSR count). The molecule has 2 heterocycles. The van der Waals surface area contributed by atoms with Gasteiger partial charge in [0.15, 0.2) is 0 Å². The minimum atomic E-state index is -1.04. The number of H-pyrrole nitrogens is 1. The van der Waals surface area contributed by atoms with Gasteiger partial charge >= 0.3 is 5.97 Å². The predicted molar refractivity (Wildman–Crippen MR) is 67.4 cm³/mol. The molecule has 0 radical (unpaired) electrons. The summed E-state index contributed by atoms with van der Waals surface area (Å²) in [7, 11) is 0. The molecule has 0 spiro atoms. The third-order valence-corrected chi connectivity index (χ3v) is 2.17. The number of carbonyl (C=O) groups excluding carboxylic acids is 1.